The predicted molar refractivity (Wildman–Crippen MR) is 57.2 cm³/mol. The van der Waals surface area contributed by atoms with Gasteiger partial charge in [0.15, 0.2) is 0 Å². The van der Waals surface area contributed by atoms with Crippen LogP contribution >= 0.6 is 0 Å². The van der Waals surface area contributed by atoms with Gasteiger partial charge in [0.05, 0.1) is 5.54 Å². The van der Waals surface area contributed by atoms with Gasteiger partial charge in [-0.25, -0.2) is 5.06 Å². The van der Waals surface area contributed by atoms with E-state index in [1.165, 1.54) is 0 Å². The average molecular weight is 209 g/mol. The molecule has 2 aliphatic rings. The molecule has 0 aromatic rings. The van der Waals surface area contributed by atoms with Gasteiger partial charge in [0.25, 0.3) is 0 Å². The molecular weight excluding hydrogens is 190 g/mol. The summed E-state index contributed by atoms with van der Waals surface area (Å²) in [7, 11) is 0. The summed E-state index contributed by atoms with van der Waals surface area (Å²) in [5.41, 5.74) is -0.497. The quantitative estimate of drug-likeness (QED) is 0.408. The zero-order valence-electron chi connectivity index (χ0n) is 9.60. The molecule has 0 aromatic heterocycles. The molecule has 1 fully saturated rings. The highest BCUT2D eigenvalue weighted by Crippen LogP contribution is 2.44. The summed E-state index contributed by atoms with van der Waals surface area (Å²) in [6, 6.07) is 0. The summed E-state index contributed by atoms with van der Waals surface area (Å²) >= 11 is 0. The van der Waals surface area contributed by atoms with Crippen LogP contribution in [0.1, 0.15) is 33.6 Å². The molecule has 0 unspecified atom stereocenters. The van der Waals surface area contributed by atoms with Crippen LogP contribution in [-0.2, 0) is 4.79 Å². The van der Waals surface area contributed by atoms with Crippen molar-refractivity contribution in [2.75, 3.05) is 0 Å². The molecule has 15 heavy (non-hydrogen) atoms. The van der Waals surface area contributed by atoms with Gasteiger partial charge in [-0.15, -0.1) is 0 Å². The van der Waals surface area contributed by atoms with Gasteiger partial charge in [0.2, 0.25) is 5.91 Å². The number of hydrogen-bond donors (Lipinski definition) is 1. The molecule has 0 aromatic carbocycles. The van der Waals surface area contributed by atoms with Crippen molar-refractivity contribution < 1.29 is 10.0 Å². The third-order valence-electron chi connectivity index (χ3n) is 3.44. The molecule has 1 amide bonds. The SMILES string of the molecule is CC(C)(C)N(O)C(=O)[C@H]1C[C@@H]2C=C[C@H]1C2. The number of carbonyl (C=O) groups excluding carboxylic acids is 1. The first-order valence-electron chi connectivity index (χ1n) is 5.61. The fourth-order valence-electron chi connectivity index (χ4n) is 2.55. The molecule has 0 saturated heterocycles. The topological polar surface area (TPSA) is 40.5 Å². The number of fused-ring (bicyclic) bond motifs is 2. The Labute approximate surface area is 90.7 Å². The lowest BCUT2D eigenvalue weighted by atomic mass is 9.91. The number of hydroxylamine groups is 2. The largest absolute Gasteiger partial charge is 0.285 e. The molecule has 3 heteroatoms. The maximum atomic E-state index is 12.0. The highest BCUT2D eigenvalue weighted by molar-refractivity contribution is 5.79. The molecule has 0 radical (unpaired) electrons. The smallest absolute Gasteiger partial charge is 0.250 e. The molecule has 1 saturated carbocycles. The summed E-state index contributed by atoms with van der Waals surface area (Å²) in [5, 5.41) is 10.7. The van der Waals surface area contributed by atoms with Crippen LogP contribution in [0.5, 0.6) is 0 Å². The van der Waals surface area contributed by atoms with Gasteiger partial charge in [-0.2, -0.15) is 0 Å². The van der Waals surface area contributed by atoms with Crippen molar-refractivity contribution in [1.29, 1.82) is 0 Å². The van der Waals surface area contributed by atoms with Crippen LogP contribution in [0.15, 0.2) is 12.2 Å². The Morgan fingerprint density at radius 1 is 1.33 bits per heavy atom. The molecule has 84 valence electrons. The van der Waals surface area contributed by atoms with Crippen molar-refractivity contribution in [1.82, 2.24) is 5.06 Å². The Balaban J connectivity index is 2.06. The number of hydrogen-bond acceptors (Lipinski definition) is 2. The van der Waals surface area contributed by atoms with Crippen molar-refractivity contribution in [3.8, 4) is 0 Å². The van der Waals surface area contributed by atoms with E-state index in [0.29, 0.717) is 11.8 Å². The summed E-state index contributed by atoms with van der Waals surface area (Å²) < 4.78 is 0. The number of amides is 1. The Morgan fingerprint density at radius 3 is 2.40 bits per heavy atom. The summed E-state index contributed by atoms with van der Waals surface area (Å²) in [5.74, 6) is 0.820. The highest BCUT2D eigenvalue weighted by atomic mass is 16.5. The van der Waals surface area contributed by atoms with E-state index in [0.717, 1.165) is 17.9 Å². The van der Waals surface area contributed by atoms with Gasteiger partial charge >= 0.3 is 0 Å². The normalized spacial score (nSPS) is 33.5. The predicted octanol–water partition coefficient (Wildman–Crippen LogP) is 2.21. The highest BCUT2D eigenvalue weighted by Gasteiger charge is 2.43. The number of allylic oxidation sites excluding steroid dienone is 2. The van der Waals surface area contributed by atoms with E-state index in [1.54, 1.807) is 0 Å². The Hall–Kier alpha value is -0.830. The second kappa shape index (κ2) is 3.34. The van der Waals surface area contributed by atoms with E-state index in [-0.39, 0.29) is 11.8 Å². The molecule has 0 spiro atoms. The molecule has 2 aliphatic carbocycles. The molecule has 0 heterocycles. The van der Waals surface area contributed by atoms with Crippen molar-refractivity contribution in [3.63, 3.8) is 0 Å². The third kappa shape index (κ3) is 1.81. The zero-order valence-corrected chi connectivity index (χ0v) is 9.60. The minimum atomic E-state index is -0.497. The first kappa shape index (κ1) is 10.7. The Bertz CT molecular complexity index is 303. The zero-order chi connectivity index (χ0) is 11.2. The van der Waals surface area contributed by atoms with E-state index in [9.17, 15) is 10.0 Å². The number of nitrogens with zero attached hydrogens (tertiary/aromatic N) is 1. The molecule has 1 N–H and O–H groups in total. The molecule has 0 aliphatic heterocycles. The maximum Gasteiger partial charge on any atom is 0.250 e. The average Bonchev–Trinajstić information content (AvgIpc) is 2.74. The lowest BCUT2D eigenvalue weighted by molar-refractivity contribution is -0.192. The molecule has 2 bridgehead atoms. The standard InChI is InChI=1S/C12H19NO2/c1-12(2,3)13(15)11(14)10-7-8-4-5-9(10)6-8/h4-5,8-10,15H,6-7H2,1-3H3/t8-,9+,10+/m1/s1. The van der Waals surface area contributed by atoms with Crippen molar-refractivity contribution in [2.45, 2.75) is 39.2 Å². The minimum absolute atomic E-state index is 0.00391. The Morgan fingerprint density at radius 2 is 2.00 bits per heavy atom. The number of carbonyl (C=O) groups is 1. The lowest BCUT2D eigenvalue weighted by Crippen LogP contribution is -2.46. The molecular formula is C12H19NO2. The second-order valence-electron chi connectivity index (χ2n) is 5.71. The van der Waals surface area contributed by atoms with Crippen LogP contribution in [0.2, 0.25) is 0 Å². The third-order valence-corrected chi connectivity index (χ3v) is 3.44. The van der Waals surface area contributed by atoms with Crippen LogP contribution in [0.4, 0.5) is 0 Å². The van der Waals surface area contributed by atoms with Crippen LogP contribution in [0, 0.1) is 17.8 Å². The van der Waals surface area contributed by atoms with Gasteiger partial charge in [-0.3, -0.25) is 10.0 Å². The van der Waals surface area contributed by atoms with Crippen LogP contribution in [0.3, 0.4) is 0 Å². The fraction of sp³-hybridized carbons (Fsp3) is 0.750. The van der Waals surface area contributed by atoms with E-state index in [4.69, 9.17) is 0 Å². The molecule has 2 rings (SSSR count). The van der Waals surface area contributed by atoms with E-state index < -0.39 is 5.54 Å². The second-order valence-corrected chi connectivity index (χ2v) is 5.71. The first-order chi connectivity index (χ1) is 6.89. The minimum Gasteiger partial charge on any atom is -0.285 e. The van der Waals surface area contributed by atoms with Crippen LogP contribution in [0.25, 0.3) is 0 Å². The maximum absolute atomic E-state index is 12.0. The fourth-order valence-corrected chi connectivity index (χ4v) is 2.55. The summed E-state index contributed by atoms with van der Waals surface area (Å²) in [6.07, 6.45) is 6.34. The van der Waals surface area contributed by atoms with Gasteiger partial charge in [0.1, 0.15) is 0 Å². The van der Waals surface area contributed by atoms with Crippen LogP contribution < -0.4 is 0 Å². The van der Waals surface area contributed by atoms with Crippen molar-refractivity contribution in [3.05, 3.63) is 12.2 Å². The number of rotatable bonds is 1. The van der Waals surface area contributed by atoms with E-state index in [2.05, 4.69) is 12.2 Å². The summed E-state index contributed by atoms with van der Waals surface area (Å²) in [4.78, 5) is 12.0. The monoisotopic (exact) mass is 209 g/mol. The Kier molecular flexibility index (Phi) is 2.38. The van der Waals surface area contributed by atoms with Crippen molar-refractivity contribution >= 4 is 5.91 Å². The summed E-state index contributed by atoms with van der Waals surface area (Å²) in [6.45, 7) is 5.52. The molecule has 3 atom stereocenters. The first-order valence-corrected chi connectivity index (χ1v) is 5.61. The molecule has 3 nitrogen and oxygen atoms in total. The van der Waals surface area contributed by atoms with Crippen LogP contribution in [-0.4, -0.2) is 21.7 Å². The van der Waals surface area contributed by atoms with Crippen molar-refractivity contribution in [2.24, 2.45) is 17.8 Å². The lowest BCUT2D eigenvalue weighted by Gasteiger charge is -2.32. The van der Waals surface area contributed by atoms with E-state index in [1.807, 2.05) is 20.8 Å². The van der Waals surface area contributed by atoms with E-state index >= 15 is 0 Å². The van der Waals surface area contributed by atoms with Gasteiger partial charge in [-0.1, -0.05) is 12.2 Å². The van der Waals surface area contributed by atoms with Gasteiger partial charge < -0.3 is 0 Å². The van der Waals surface area contributed by atoms with Gasteiger partial charge in [0, 0.05) is 5.92 Å². The van der Waals surface area contributed by atoms with Gasteiger partial charge in [-0.05, 0) is 45.4 Å².